The summed E-state index contributed by atoms with van der Waals surface area (Å²) in [5.74, 6) is 0. The van der Waals surface area contributed by atoms with Gasteiger partial charge in [-0.25, -0.2) is 0 Å². The minimum Gasteiger partial charge on any atom is -0.372 e. The van der Waals surface area contributed by atoms with Crippen molar-refractivity contribution in [3.05, 3.63) is 40.9 Å². The highest BCUT2D eigenvalue weighted by Gasteiger charge is 2.02. The molecule has 2 aromatic carbocycles. The van der Waals surface area contributed by atoms with Crippen LogP contribution in [-0.2, 0) is 0 Å². The zero-order valence-corrected chi connectivity index (χ0v) is 9.58. The van der Waals surface area contributed by atoms with Gasteiger partial charge in [0.2, 0.25) is 0 Å². The quantitative estimate of drug-likeness (QED) is 0.839. The summed E-state index contributed by atoms with van der Waals surface area (Å²) in [4.78, 5) is 0. The van der Waals surface area contributed by atoms with Crippen molar-refractivity contribution in [2.75, 3.05) is 11.9 Å². The van der Waals surface area contributed by atoms with Gasteiger partial charge in [-0.3, -0.25) is 0 Å². The minimum atomic E-state index is 0.325. The number of nitriles is 1. The molecule has 0 spiro atoms. The lowest BCUT2D eigenvalue weighted by atomic mass is 10.1. The lowest BCUT2D eigenvalue weighted by molar-refractivity contribution is 1.33. The summed E-state index contributed by atoms with van der Waals surface area (Å²) in [6, 6.07) is 14.1. The molecule has 2 aromatic rings. The summed E-state index contributed by atoms with van der Waals surface area (Å²) in [6.07, 6.45) is 0. The van der Waals surface area contributed by atoms with E-state index in [-0.39, 0.29) is 0 Å². The molecule has 0 bridgehead atoms. The van der Waals surface area contributed by atoms with Crippen LogP contribution in [-0.4, -0.2) is 6.54 Å². The topological polar surface area (TPSA) is 35.8 Å². The van der Waals surface area contributed by atoms with Crippen molar-refractivity contribution in [1.29, 1.82) is 5.26 Å². The number of benzene rings is 2. The van der Waals surface area contributed by atoms with E-state index in [0.29, 0.717) is 6.54 Å². The molecule has 3 heteroatoms. The molecule has 0 unspecified atom stereocenters. The van der Waals surface area contributed by atoms with Crippen molar-refractivity contribution in [3.63, 3.8) is 0 Å². The molecule has 2 nitrogen and oxygen atoms in total. The second-order valence-electron chi connectivity index (χ2n) is 3.15. The van der Waals surface area contributed by atoms with Gasteiger partial charge < -0.3 is 5.32 Å². The Morgan fingerprint density at radius 2 is 1.87 bits per heavy atom. The first-order chi connectivity index (χ1) is 7.33. The molecule has 0 fully saturated rings. The molecule has 0 amide bonds. The van der Waals surface area contributed by atoms with Crippen LogP contribution in [0.3, 0.4) is 0 Å². The van der Waals surface area contributed by atoms with Crippen LogP contribution in [0.1, 0.15) is 0 Å². The number of hydrogen-bond acceptors (Lipinski definition) is 2. The van der Waals surface area contributed by atoms with Crippen LogP contribution in [0.4, 0.5) is 5.69 Å². The third kappa shape index (κ3) is 1.95. The molecule has 2 rings (SSSR count). The summed E-state index contributed by atoms with van der Waals surface area (Å²) < 4.78 is 1.07. The molecule has 74 valence electrons. The lowest BCUT2D eigenvalue weighted by Crippen LogP contribution is -1.98. The van der Waals surface area contributed by atoms with Crippen molar-refractivity contribution in [1.82, 2.24) is 0 Å². The van der Waals surface area contributed by atoms with Gasteiger partial charge in [-0.15, -0.1) is 0 Å². The fourth-order valence-electron chi connectivity index (χ4n) is 1.55. The molecule has 0 radical (unpaired) electrons. The molecule has 15 heavy (non-hydrogen) atoms. The molecule has 0 aromatic heterocycles. The predicted molar refractivity (Wildman–Crippen MR) is 65.8 cm³/mol. The Bertz CT molecular complexity index is 529. The third-order valence-corrected chi connectivity index (χ3v) is 2.92. The molecule has 0 saturated heterocycles. The highest BCUT2D eigenvalue weighted by molar-refractivity contribution is 9.10. The van der Waals surface area contributed by atoms with E-state index in [0.717, 1.165) is 20.9 Å². The molecule has 0 aliphatic rings. The predicted octanol–water partition coefficient (Wildman–Crippen LogP) is 3.54. The van der Waals surface area contributed by atoms with Crippen molar-refractivity contribution in [2.45, 2.75) is 0 Å². The zero-order valence-electron chi connectivity index (χ0n) is 8.00. The van der Waals surface area contributed by atoms with Gasteiger partial charge in [-0.2, -0.15) is 5.26 Å². The number of nitrogens with one attached hydrogen (secondary N) is 1. The highest BCUT2D eigenvalue weighted by Crippen LogP contribution is 2.29. The molecule has 0 saturated carbocycles. The Morgan fingerprint density at radius 1 is 1.13 bits per heavy atom. The molecule has 0 atom stereocenters. The monoisotopic (exact) mass is 260 g/mol. The molecule has 0 aliphatic heterocycles. The van der Waals surface area contributed by atoms with Gasteiger partial charge in [0.25, 0.3) is 0 Å². The number of rotatable bonds is 2. The first-order valence-electron chi connectivity index (χ1n) is 4.61. The maximum atomic E-state index is 8.53. The molecule has 1 N–H and O–H groups in total. The van der Waals surface area contributed by atoms with Crippen LogP contribution in [0.15, 0.2) is 40.9 Å². The van der Waals surface area contributed by atoms with Crippen molar-refractivity contribution in [2.24, 2.45) is 0 Å². The van der Waals surface area contributed by atoms with Gasteiger partial charge >= 0.3 is 0 Å². The second kappa shape index (κ2) is 4.33. The standard InChI is InChI=1S/C12H9BrN2/c13-11-5-6-12(15-8-7-14)10-4-2-1-3-9(10)11/h1-6,15H,8H2. The average Bonchev–Trinajstić information content (AvgIpc) is 2.29. The van der Waals surface area contributed by atoms with E-state index in [1.54, 1.807) is 0 Å². The SMILES string of the molecule is N#CCNc1ccc(Br)c2ccccc12. The first kappa shape index (κ1) is 10.0. The average molecular weight is 261 g/mol. The number of fused-ring (bicyclic) bond motifs is 1. The van der Waals surface area contributed by atoms with Gasteiger partial charge in [0.1, 0.15) is 6.54 Å². The van der Waals surface area contributed by atoms with E-state index >= 15 is 0 Å². The van der Waals surface area contributed by atoms with Crippen LogP contribution in [0.25, 0.3) is 10.8 Å². The van der Waals surface area contributed by atoms with E-state index in [9.17, 15) is 0 Å². The van der Waals surface area contributed by atoms with Crippen LogP contribution < -0.4 is 5.32 Å². The van der Waals surface area contributed by atoms with E-state index in [1.165, 1.54) is 0 Å². The Kier molecular flexibility index (Phi) is 2.89. The van der Waals surface area contributed by atoms with Crippen LogP contribution in [0.5, 0.6) is 0 Å². The highest BCUT2D eigenvalue weighted by atomic mass is 79.9. The van der Waals surface area contributed by atoms with E-state index < -0.39 is 0 Å². The Morgan fingerprint density at radius 3 is 2.60 bits per heavy atom. The van der Waals surface area contributed by atoms with Gasteiger partial charge in [0.05, 0.1) is 6.07 Å². The molecule has 0 heterocycles. The smallest absolute Gasteiger partial charge is 0.103 e. The largest absolute Gasteiger partial charge is 0.372 e. The molecule has 0 aliphatic carbocycles. The summed E-state index contributed by atoms with van der Waals surface area (Å²) in [6.45, 7) is 0.325. The number of nitrogens with zero attached hydrogens (tertiary/aromatic N) is 1. The normalized spacial score (nSPS) is 9.87. The maximum absolute atomic E-state index is 8.53. The third-order valence-electron chi connectivity index (χ3n) is 2.23. The minimum absolute atomic E-state index is 0.325. The van der Waals surface area contributed by atoms with Crippen LogP contribution in [0.2, 0.25) is 0 Å². The van der Waals surface area contributed by atoms with Crippen LogP contribution >= 0.6 is 15.9 Å². The fourth-order valence-corrected chi connectivity index (χ4v) is 2.03. The number of hydrogen-bond donors (Lipinski definition) is 1. The lowest BCUT2D eigenvalue weighted by Gasteiger charge is -2.08. The fraction of sp³-hybridized carbons (Fsp3) is 0.0833. The summed E-state index contributed by atoms with van der Waals surface area (Å²) in [5.41, 5.74) is 0.996. The van der Waals surface area contributed by atoms with E-state index in [1.807, 2.05) is 30.3 Å². The Labute approximate surface area is 96.7 Å². The molecular formula is C12H9BrN2. The van der Waals surface area contributed by atoms with Crippen molar-refractivity contribution < 1.29 is 0 Å². The zero-order chi connectivity index (χ0) is 10.7. The van der Waals surface area contributed by atoms with Crippen molar-refractivity contribution in [3.8, 4) is 6.07 Å². The summed E-state index contributed by atoms with van der Waals surface area (Å²) in [5, 5.41) is 13.9. The van der Waals surface area contributed by atoms with Crippen molar-refractivity contribution >= 4 is 32.4 Å². The Balaban J connectivity index is 2.57. The number of anilines is 1. The second-order valence-corrected chi connectivity index (χ2v) is 4.01. The van der Waals surface area contributed by atoms with E-state index in [2.05, 4.69) is 33.4 Å². The maximum Gasteiger partial charge on any atom is 0.103 e. The number of halogens is 1. The van der Waals surface area contributed by atoms with Gasteiger partial charge in [0, 0.05) is 15.5 Å². The van der Waals surface area contributed by atoms with Gasteiger partial charge in [-0.05, 0) is 17.5 Å². The summed E-state index contributed by atoms with van der Waals surface area (Å²) in [7, 11) is 0. The van der Waals surface area contributed by atoms with Gasteiger partial charge in [0.15, 0.2) is 0 Å². The summed E-state index contributed by atoms with van der Waals surface area (Å²) >= 11 is 3.51. The van der Waals surface area contributed by atoms with Gasteiger partial charge in [-0.1, -0.05) is 40.2 Å². The Hall–Kier alpha value is -1.53. The van der Waals surface area contributed by atoms with Crippen LogP contribution in [0, 0.1) is 11.3 Å². The van der Waals surface area contributed by atoms with E-state index in [4.69, 9.17) is 5.26 Å². The first-order valence-corrected chi connectivity index (χ1v) is 5.40. The molecular weight excluding hydrogens is 252 g/mol.